The number of nitrogens with zero attached hydrogens (tertiary/aromatic N) is 2. The number of halogens is 4. The van der Waals surface area contributed by atoms with Crippen molar-refractivity contribution in [3.8, 4) is 5.75 Å². The summed E-state index contributed by atoms with van der Waals surface area (Å²) in [4.78, 5) is 16.8. The first-order chi connectivity index (χ1) is 15.4. The lowest BCUT2D eigenvalue weighted by Crippen LogP contribution is -2.48. The zero-order valence-electron chi connectivity index (χ0n) is 17.0. The molecule has 0 atom stereocenters. The highest BCUT2D eigenvalue weighted by Gasteiger charge is 2.25. The fourth-order valence-electron chi connectivity index (χ4n) is 3.48. The molecule has 0 aliphatic carbocycles. The third-order valence-corrected chi connectivity index (χ3v) is 6.24. The molecule has 0 saturated carbocycles. The summed E-state index contributed by atoms with van der Waals surface area (Å²) in [7, 11) is 0. The van der Waals surface area contributed by atoms with Gasteiger partial charge in [-0.25, -0.2) is 4.39 Å². The Morgan fingerprint density at radius 2 is 1.69 bits per heavy atom. The quantitative estimate of drug-likeness (QED) is 0.424. The van der Waals surface area contributed by atoms with E-state index in [9.17, 15) is 9.18 Å². The van der Waals surface area contributed by atoms with E-state index in [1.165, 1.54) is 18.2 Å². The predicted octanol–water partition coefficient (Wildman–Crippen LogP) is 5.92. The van der Waals surface area contributed by atoms with Gasteiger partial charge in [-0.3, -0.25) is 9.69 Å². The van der Waals surface area contributed by atoms with E-state index in [-0.39, 0.29) is 23.3 Å². The summed E-state index contributed by atoms with van der Waals surface area (Å²) in [5.74, 6) is 0.444. The minimum absolute atomic E-state index is 0.0744. The van der Waals surface area contributed by atoms with E-state index in [0.29, 0.717) is 54.3 Å². The molecule has 32 heavy (non-hydrogen) atoms. The average molecular weight is 498 g/mol. The van der Waals surface area contributed by atoms with Gasteiger partial charge in [0.2, 0.25) is 0 Å². The van der Waals surface area contributed by atoms with Gasteiger partial charge in [0.25, 0.3) is 5.91 Å². The highest BCUT2D eigenvalue weighted by Crippen LogP contribution is 2.27. The van der Waals surface area contributed by atoms with Gasteiger partial charge in [-0.05, 0) is 42.5 Å². The summed E-state index contributed by atoms with van der Waals surface area (Å²) in [5, 5.41) is 1.45. The molecule has 1 fully saturated rings. The molecule has 0 N–H and O–H groups in total. The normalized spacial score (nSPS) is 14.6. The molecule has 5 nitrogen and oxygen atoms in total. The molecule has 2 heterocycles. The largest absolute Gasteiger partial charge is 0.484 e. The number of rotatable bonds is 6. The van der Waals surface area contributed by atoms with Crippen LogP contribution in [0.5, 0.6) is 5.75 Å². The first-order valence-corrected chi connectivity index (χ1v) is 11.1. The van der Waals surface area contributed by atoms with Gasteiger partial charge in [0.1, 0.15) is 23.9 Å². The first-order valence-electron chi connectivity index (χ1n) is 10.0. The number of piperazine rings is 1. The maximum absolute atomic E-state index is 13.1. The summed E-state index contributed by atoms with van der Waals surface area (Å²) in [6.07, 6.45) is 0. The Bertz CT molecular complexity index is 1090. The summed E-state index contributed by atoms with van der Waals surface area (Å²) < 4.78 is 24.3. The van der Waals surface area contributed by atoms with Crippen molar-refractivity contribution in [1.82, 2.24) is 9.80 Å². The van der Waals surface area contributed by atoms with Gasteiger partial charge < -0.3 is 14.1 Å². The second-order valence-corrected chi connectivity index (χ2v) is 8.62. The van der Waals surface area contributed by atoms with E-state index in [4.69, 9.17) is 44.0 Å². The van der Waals surface area contributed by atoms with Gasteiger partial charge in [0, 0.05) is 48.3 Å². The van der Waals surface area contributed by atoms with Crippen LogP contribution in [-0.4, -0.2) is 41.9 Å². The van der Waals surface area contributed by atoms with Gasteiger partial charge in [0.05, 0.1) is 5.02 Å². The molecule has 1 aliphatic rings. The molecule has 9 heteroatoms. The topological polar surface area (TPSA) is 45.9 Å². The number of ether oxygens (including phenoxy) is 1. The molecule has 0 radical (unpaired) electrons. The van der Waals surface area contributed by atoms with Crippen molar-refractivity contribution in [1.29, 1.82) is 0 Å². The zero-order chi connectivity index (χ0) is 22.7. The Kier molecular flexibility index (Phi) is 7.26. The van der Waals surface area contributed by atoms with Crippen molar-refractivity contribution in [2.75, 3.05) is 26.2 Å². The van der Waals surface area contributed by atoms with Gasteiger partial charge in [-0.1, -0.05) is 40.9 Å². The van der Waals surface area contributed by atoms with Crippen LogP contribution in [0.4, 0.5) is 4.39 Å². The summed E-state index contributed by atoms with van der Waals surface area (Å²) in [6, 6.07) is 12.7. The number of carbonyl (C=O) groups is 1. The number of carbonyl (C=O) groups excluding carboxylic acids is 1. The predicted molar refractivity (Wildman–Crippen MR) is 122 cm³/mol. The Morgan fingerprint density at radius 1 is 0.969 bits per heavy atom. The van der Waals surface area contributed by atoms with Crippen LogP contribution in [0.15, 0.2) is 52.9 Å². The Hall–Kier alpha value is -2.25. The van der Waals surface area contributed by atoms with Gasteiger partial charge in [-0.15, -0.1) is 0 Å². The van der Waals surface area contributed by atoms with Crippen LogP contribution < -0.4 is 4.74 Å². The summed E-state index contributed by atoms with van der Waals surface area (Å²) in [5.41, 5.74) is 0.896. The van der Waals surface area contributed by atoms with E-state index in [2.05, 4.69) is 4.90 Å². The molecule has 1 amide bonds. The molecule has 1 aliphatic heterocycles. The van der Waals surface area contributed by atoms with Crippen LogP contribution in [0.25, 0.3) is 0 Å². The second-order valence-electron chi connectivity index (χ2n) is 7.40. The van der Waals surface area contributed by atoms with Crippen LogP contribution in [0.2, 0.25) is 15.1 Å². The van der Waals surface area contributed by atoms with Crippen molar-refractivity contribution >= 4 is 40.7 Å². The third kappa shape index (κ3) is 5.38. The van der Waals surface area contributed by atoms with E-state index in [1.807, 2.05) is 18.2 Å². The van der Waals surface area contributed by atoms with Crippen molar-refractivity contribution in [3.05, 3.63) is 86.5 Å². The molecule has 168 valence electrons. The number of benzene rings is 2. The van der Waals surface area contributed by atoms with Gasteiger partial charge in [-0.2, -0.15) is 0 Å². The molecule has 4 rings (SSSR count). The van der Waals surface area contributed by atoms with Gasteiger partial charge >= 0.3 is 0 Å². The smallest absolute Gasteiger partial charge is 0.289 e. The van der Waals surface area contributed by atoms with Crippen molar-refractivity contribution in [2.45, 2.75) is 13.2 Å². The zero-order valence-corrected chi connectivity index (χ0v) is 19.3. The Labute approximate surface area is 200 Å². The third-order valence-electron chi connectivity index (χ3n) is 5.24. The fraction of sp³-hybridized carbons (Fsp3) is 0.261. The average Bonchev–Trinajstić information content (AvgIpc) is 3.25. The summed E-state index contributed by atoms with van der Waals surface area (Å²) in [6.45, 7) is 3.25. The lowest BCUT2D eigenvalue weighted by molar-refractivity contribution is 0.0594. The van der Waals surface area contributed by atoms with E-state index >= 15 is 0 Å². The molecule has 0 spiro atoms. The minimum Gasteiger partial charge on any atom is -0.484 e. The molecular weight excluding hydrogens is 478 g/mol. The molecule has 0 unspecified atom stereocenters. The minimum atomic E-state index is -0.441. The fourth-order valence-corrected chi connectivity index (χ4v) is 4.22. The highest BCUT2D eigenvalue weighted by atomic mass is 35.5. The number of hydrogen-bond donors (Lipinski definition) is 0. The number of amides is 1. The Balaban J connectivity index is 1.30. The highest BCUT2D eigenvalue weighted by molar-refractivity contribution is 6.36. The molecule has 0 bridgehead atoms. The second kappa shape index (κ2) is 10.1. The standard InChI is InChI=1S/C23H20Cl3FN2O3/c24-18-2-1-3-19(25)17(18)13-28-8-10-29(11-9-28)23(30)22-7-5-16(32-22)14-31-21-6-4-15(27)12-20(21)26/h1-7,12H,8-11,13-14H2. The van der Waals surface area contributed by atoms with Crippen molar-refractivity contribution in [2.24, 2.45) is 0 Å². The van der Waals surface area contributed by atoms with E-state index in [1.54, 1.807) is 17.0 Å². The summed E-state index contributed by atoms with van der Waals surface area (Å²) >= 11 is 18.5. The van der Waals surface area contributed by atoms with E-state index in [0.717, 1.165) is 5.56 Å². The monoisotopic (exact) mass is 496 g/mol. The first kappa shape index (κ1) is 22.9. The lowest BCUT2D eigenvalue weighted by Gasteiger charge is -2.34. The van der Waals surface area contributed by atoms with Crippen LogP contribution in [-0.2, 0) is 13.2 Å². The molecule has 3 aromatic rings. The van der Waals surface area contributed by atoms with Crippen LogP contribution in [0.3, 0.4) is 0 Å². The van der Waals surface area contributed by atoms with Gasteiger partial charge in [0.15, 0.2) is 5.76 Å². The number of furan rings is 1. The van der Waals surface area contributed by atoms with Crippen molar-refractivity contribution < 1.29 is 18.3 Å². The molecule has 1 saturated heterocycles. The van der Waals surface area contributed by atoms with Crippen LogP contribution in [0.1, 0.15) is 21.9 Å². The molecular formula is C23H20Cl3FN2O3. The van der Waals surface area contributed by atoms with E-state index < -0.39 is 5.82 Å². The van der Waals surface area contributed by atoms with Crippen LogP contribution >= 0.6 is 34.8 Å². The molecule has 2 aromatic carbocycles. The SMILES string of the molecule is O=C(c1ccc(COc2ccc(F)cc2Cl)o1)N1CCN(Cc2c(Cl)cccc2Cl)CC1. The Morgan fingerprint density at radius 3 is 2.38 bits per heavy atom. The van der Waals surface area contributed by atoms with Crippen LogP contribution in [0, 0.1) is 5.82 Å². The lowest BCUT2D eigenvalue weighted by atomic mass is 10.2. The maximum atomic E-state index is 13.1. The number of hydrogen-bond acceptors (Lipinski definition) is 4. The molecule has 1 aromatic heterocycles. The van der Waals surface area contributed by atoms with Crippen molar-refractivity contribution in [3.63, 3.8) is 0 Å². The maximum Gasteiger partial charge on any atom is 0.289 e.